The van der Waals surface area contributed by atoms with E-state index in [0.717, 1.165) is 0 Å². The van der Waals surface area contributed by atoms with Gasteiger partial charge in [0.2, 0.25) is 0 Å². The van der Waals surface area contributed by atoms with Crippen LogP contribution < -0.4 is 9.64 Å². The van der Waals surface area contributed by atoms with Crippen LogP contribution in [0.3, 0.4) is 0 Å². The van der Waals surface area contributed by atoms with Crippen molar-refractivity contribution in [3.8, 4) is 5.75 Å². The predicted octanol–water partition coefficient (Wildman–Crippen LogP) is 4.27. The first-order valence-corrected chi connectivity index (χ1v) is 9.43. The van der Waals surface area contributed by atoms with E-state index >= 15 is 0 Å². The molecule has 30 heavy (non-hydrogen) atoms. The van der Waals surface area contributed by atoms with Crippen LogP contribution in [0.1, 0.15) is 22.9 Å². The van der Waals surface area contributed by atoms with Crippen LogP contribution in [0.2, 0.25) is 5.02 Å². The van der Waals surface area contributed by atoms with Crippen molar-refractivity contribution in [2.24, 2.45) is 0 Å². The lowest BCUT2D eigenvalue weighted by molar-refractivity contribution is -0.132. The quantitative estimate of drug-likeness (QED) is 0.382. The standard InChI is InChI=1S/C22H17ClN2O5/c1-12-10-17(24-30-12)25-19(13-6-4-3-5-7-13)18(21(27)22(25)28)20(26)14-8-9-16(29-2)15(23)11-14/h3-11,19,26H,1-2H3. The number of aromatic nitrogens is 1. The number of benzene rings is 2. The fourth-order valence-corrected chi connectivity index (χ4v) is 3.71. The van der Waals surface area contributed by atoms with E-state index in [1.54, 1.807) is 49.4 Å². The van der Waals surface area contributed by atoms with E-state index in [1.807, 2.05) is 6.07 Å². The summed E-state index contributed by atoms with van der Waals surface area (Å²) in [6, 6.07) is 14.2. The average molecular weight is 425 g/mol. The van der Waals surface area contributed by atoms with Gasteiger partial charge in [0, 0.05) is 11.6 Å². The number of Topliss-reactive ketones (excluding diaryl/α,β-unsaturated/α-hetero) is 1. The number of aliphatic hydroxyl groups is 1. The predicted molar refractivity (Wildman–Crippen MR) is 110 cm³/mol. The highest BCUT2D eigenvalue weighted by molar-refractivity contribution is 6.51. The third kappa shape index (κ3) is 3.23. The highest BCUT2D eigenvalue weighted by atomic mass is 35.5. The molecule has 2 aromatic carbocycles. The molecule has 0 spiro atoms. The summed E-state index contributed by atoms with van der Waals surface area (Å²) in [6.45, 7) is 1.68. The minimum Gasteiger partial charge on any atom is -0.507 e. The van der Waals surface area contributed by atoms with Gasteiger partial charge in [-0.05, 0) is 30.7 Å². The normalized spacial score (nSPS) is 18.1. The van der Waals surface area contributed by atoms with Gasteiger partial charge in [0.05, 0.1) is 23.7 Å². The molecule has 0 saturated carbocycles. The van der Waals surface area contributed by atoms with Crippen molar-refractivity contribution in [1.82, 2.24) is 5.16 Å². The molecule has 2 heterocycles. The van der Waals surface area contributed by atoms with Crippen LogP contribution in [0.5, 0.6) is 5.75 Å². The summed E-state index contributed by atoms with van der Waals surface area (Å²) >= 11 is 6.18. The van der Waals surface area contributed by atoms with E-state index in [1.165, 1.54) is 18.1 Å². The van der Waals surface area contributed by atoms with Gasteiger partial charge in [-0.25, -0.2) is 0 Å². The molecule has 152 valence electrons. The molecule has 7 nitrogen and oxygen atoms in total. The maximum absolute atomic E-state index is 13.0. The SMILES string of the molecule is COc1ccc(C(O)=C2C(=O)C(=O)N(c3cc(C)on3)C2c2ccccc2)cc1Cl. The number of anilines is 1. The maximum atomic E-state index is 13.0. The second-order valence-corrected chi connectivity index (χ2v) is 7.13. The van der Waals surface area contributed by atoms with Crippen LogP contribution in [0.15, 0.2) is 64.7 Å². The van der Waals surface area contributed by atoms with Crippen molar-refractivity contribution in [2.45, 2.75) is 13.0 Å². The summed E-state index contributed by atoms with van der Waals surface area (Å²) in [4.78, 5) is 27.1. The van der Waals surface area contributed by atoms with Crippen LogP contribution in [0.4, 0.5) is 5.82 Å². The van der Waals surface area contributed by atoms with Crippen LogP contribution >= 0.6 is 11.6 Å². The van der Waals surface area contributed by atoms with Gasteiger partial charge in [0.15, 0.2) is 5.82 Å². The molecule has 1 aliphatic heterocycles. The lowest BCUT2D eigenvalue weighted by Gasteiger charge is -2.22. The third-order valence-corrected chi connectivity index (χ3v) is 5.14. The van der Waals surface area contributed by atoms with Gasteiger partial charge in [0.25, 0.3) is 5.78 Å². The number of carbonyl (C=O) groups is 2. The number of ketones is 1. The minimum atomic E-state index is -0.878. The van der Waals surface area contributed by atoms with E-state index in [-0.39, 0.29) is 27.7 Å². The summed E-state index contributed by atoms with van der Waals surface area (Å²) in [5, 5.41) is 15.2. The Morgan fingerprint density at radius 3 is 2.50 bits per heavy atom. The molecular weight excluding hydrogens is 408 g/mol. The average Bonchev–Trinajstić information content (AvgIpc) is 3.29. The number of aliphatic hydroxyl groups excluding tert-OH is 1. The molecule has 1 amide bonds. The molecule has 1 unspecified atom stereocenters. The minimum absolute atomic E-state index is 0.0620. The largest absolute Gasteiger partial charge is 0.507 e. The Morgan fingerprint density at radius 2 is 1.90 bits per heavy atom. The fourth-order valence-electron chi connectivity index (χ4n) is 3.46. The molecule has 1 aliphatic rings. The summed E-state index contributed by atoms with van der Waals surface area (Å²) in [5.41, 5.74) is 0.864. The van der Waals surface area contributed by atoms with Gasteiger partial charge in [-0.1, -0.05) is 47.1 Å². The molecule has 3 aromatic rings. The maximum Gasteiger partial charge on any atom is 0.301 e. The molecule has 8 heteroatoms. The summed E-state index contributed by atoms with van der Waals surface area (Å²) in [7, 11) is 1.47. The van der Waals surface area contributed by atoms with Crippen molar-refractivity contribution in [3.63, 3.8) is 0 Å². The zero-order valence-corrected chi connectivity index (χ0v) is 16.9. The molecule has 4 rings (SSSR count). The van der Waals surface area contributed by atoms with Gasteiger partial charge in [-0.2, -0.15) is 0 Å². The zero-order valence-electron chi connectivity index (χ0n) is 16.1. The van der Waals surface area contributed by atoms with Crippen LogP contribution in [-0.2, 0) is 9.59 Å². The van der Waals surface area contributed by atoms with Crippen molar-refractivity contribution in [3.05, 3.63) is 82.1 Å². The van der Waals surface area contributed by atoms with Crippen LogP contribution in [0.25, 0.3) is 5.76 Å². The number of nitrogens with zero attached hydrogens (tertiary/aromatic N) is 2. The Hall–Kier alpha value is -3.58. The first-order chi connectivity index (χ1) is 14.4. The van der Waals surface area contributed by atoms with Crippen LogP contribution in [-0.4, -0.2) is 29.1 Å². The van der Waals surface area contributed by atoms with E-state index in [0.29, 0.717) is 17.1 Å². The van der Waals surface area contributed by atoms with Crippen molar-refractivity contribution in [1.29, 1.82) is 0 Å². The molecule has 1 N–H and O–H groups in total. The number of carbonyl (C=O) groups excluding carboxylic acids is 2. The van der Waals surface area contributed by atoms with Gasteiger partial charge in [-0.15, -0.1) is 0 Å². The second-order valence-electron chi connectivity index (χ2n) is 6.72. The van der Waals surface area contributed by atoms with E-state index in [4.69, 9.17) is 20.9 Å². The first-order valence-electron chi connectivity index (χ1n) is 9.05. The van der Waals surface area contributed by atoms with E-state index in [9.17, 15) is 14.7 Å². The second kappa shape index (κ2) is 7.68. The Kier molecular flexibility index (Phi) is 5.05. The van der Waals surface area contributed by atoms with Crippen molar-refractivity contribution >= 4 is 34.9 Å². The molecule has 0 bridgehead atoms. The summed E-state index contributed by atoms with van der Waals surface area (Å²) < 4.78 is 10.2. The fraction of sp³-hybridized carbons (Fsp3) is 0.136. The number of halogens is 1. The van der Waals surface area contributed by atoms with Gasteiger partial charge in [0.1, 0.15) is 17.3 Å². The third-order valence-electron chi connectivity index (χ3n) is 4.85. The number of aryl methyl sites for hydroxylation is 1. The lowest BCUT2D eigenvalue weighted by Crippen LogP contribution is -2.29. The number of methoxy groups -OCH3 is 1. The summed E-state index contributed by atoms with van der Waals surface area (Å²) in [5.74, 6) is -0.871. The molecule has 0 radical (unpaired) electrons. The lowest BCUT2D eigenvalue weighted by atomic mass is 9.95. The van der Waals surface area contributed by atoms with E-state index < -0.39 is 17.7 Å². The number of amides is 1. The number of hydrogen-bond acceptors (Lipinski definition) is 6. The first kappa shape index (κ1) is 19.7. The van der Waals surface area contributed by atoms with Gasteiger partial charge < -0.3 is 14.4 Å². The smallest absolute Gasteiger partial charge is 0.301 e. The highest BCUT2D eigenvalue weighted by Crippen LogP contribution is 2.42. The van der Waals surface area contributed by atoms with Crippen molar-refractivity contribution in [2.75, 3.05) is 12.0 Å². The topological polar surface area (TPSA) is 92.9 Å². The molecular formula is C22H17ClN2O5. The Labute approximate surface area is 177 Å². The van der Waals surface area contributed by atoms with Gasteiger partial charge >= 0.3 is 5.91 Å². The Bertz CT molecular complexity index is 1170. The molecule has 0 aliphatic carbocycles. The Balaban J connectivity index is 1.92. The zero-order chi connectivity index (χ0) is 21.4. The number of ether oxygens (including phenoxy) is 1. The van der Waals surface area contributed by atoms with Gasteiger partial charge in [-0.3, -0.25) is 14.5 Å². The monoisotopic (exact) mass is 424 g/mol. The Morgan fingerprint density at radius 1 is 1.17 bits per heavy atom. The molecule has 1 aromatic heterocycles. The highest BCUT2D eigenvalue weighted by Gasteiger charge is 2.48. The molecule has 1 saturated heterocycles. The molecule has 1 atom stereocenters. The van der Waals surface area contributed by atoms with E-state index in [2.05, 4.69) is 5.16 Å². The number of rotatable bonds is 4. The van der Waals surface area contributed by atoms with Crippen LogP contribution in [0, 0.1) is 6.92 Å². The van der Waals surface area contributed by atoms with Crippen molar-refractivity contribution < 1.29 is 24.0 Å². The number of hydrogen-bond donors (Lipinski definition) is 1. The summed E-state index contributed by atoms with van der Waals surface area (Å²) in [6.07, 6.45) is 0. The molecule has 1 fully saturated rings.